The van der Waals surface area contributed by atoms with E-state index >= 15 is 0 Å². The molecule has 7 heteroatoms. The summed E-state index contributed by atoms with van der Waals surface area (Å²) in [6, 6.07) is 18.5. The van der Waals surface area contributed by atoms with Crippen molar-refractivity contribution in [3.63, 3.8) is 0 Å². The van der Waals surface area contributed by atoms with Crippen LogP contribution in [0.5, 0.6) is 0 Å². The molecule has 4 nitrogen and oxygen atoms in total. The zero-order valence-corrected chi connectivity index (χ0v) is 15.9. The Bertz CT molecular complexity index is 997. The van der Waals surface area contributed by atoms with Crippen LogP contribution in [0.25, 0.3) is 0 Å². The van der Waals surface area contributed by atoms with Crippen molar-refractivity contribution >= 4 is 52.4 Å². The minimum Gasteiger partial charge on any atom is -0.618 e. The van der Waals surface area contributed by atoms with Gasteiger partial charge in [0, 0.05) is 26.9 Å². The molecule has 2 aromatic carbocycles. The minimum atomic E-state index is -0.102. The number of amides is 1. The third kappa shape index (κ3) is 3.28. The summed E-state index contributed by atoms with van der Waals surface area (Å²) in [6.07, 6.45) is 1.43. The Hall–Kier alpha value is -2.15. The van der Waals surface area contributed by atoms with Gasteiger partial charge in [-0.1, -0.05) is 35.5 Å². The van der Waals surface area contributed by atoms with Gasteiger partial charge in [0.1, 0.15) is 0 Å². The lowest BCUT2D eigenvalue weighted by atomic mass is 10.2. The van der Waals surface area contributed by atoms with Gasteiger partial charge in [-0.05, 0) is 48.2 Å². The number of thioether (sulfide) groups is 1. The van der Waals surface area contributed by atoms with Crippen molar-refractivity contribution in [2.24, 2.45) is 0 Å². The number of halogens is 1. The third-order valence-corrected chi connectivity index (χ3v) is 6.24. The van der Waals surface area contributed by atoms with E-state index in [0.717, 1.165) is 25.9 Å². The van der Waals surface area contributed by atoms with Crippen LogP contribution in [0.2, 0.25) is 5.02 Å². The molecule has 0 spiro atoms. The Kier molecular flexibility index (Phi) is 4.80. The molecular weight excluding hydrogens is 388 g/mol. The fourth-order valence-corrected chi connectivity index (χ4v) is 4.69. The molecule has 4 rings (SSSR count). The van der Waals surface area contributed by atoms with Crippen molar-refractivity contribution in [3.05, 3.63) is 77.1 Å². The molecule has 1 aromatic heterocycles. The van der Waals surface area contributed by atoms with Crippen molar-refractivity contribution in [1.82, 2.24) is 0 Å². The first-order valence-electron chi connectivity index (χ1n) is 7.84. The first kappa shape index (κ1) is 17.3. The standard InChI is InChI=1S/C19H13ClN2O2S2/c20-13-8-9-17-15(11-13)22(14-5-1-2-6-16(14)26-17)18(23)12-25-19-7-3-4-10-21(19)24/h1-11H,12H2. The zero-order valence-electron chi connectivity index (χ0n) is 13.5. The molecule has 0 fully saturated rings. The first-order chi connectivity index (χ1) is 12.6. The number of rotatable bonds is 3. The molecule has 0 saturated carbocycles. The molecule has 1 aliphatic rings. The van der Waals surface area contributed by atoms with Crippen LogP contribution in [0.4, 0.5) is 11.4 Å². The number of fused-ring (bicyclic) bond motifs is 2. The van der Waals surface area contributed by atoms with Gasteiger partial charge in [0.25, 0.3) is 5.03 Å². The number of pyridine rings is 1. The lowest BCUT2D eigenvalue weighted by molar-refractivity contribution is -0.645. The average molecular weight is 401 g/mol. The second-order valence-electron chi connectivity index (χ2n) is 5.56. The second kappa shape index (κ2) is 7.23. The van der Waals surface area contributed by atoms with Crippen molar-refractivity contribution in [2.45, 2.75) is 14.8 Å². The largest absolute Gasteiger partial charge is 0.618 e. The minimum absolute atomic E-state index is 0.102. The van der Waals surface area contributed by atoms with Crippen molar-refractivity contribution in [2.75, 3.05) is 10.7 Å². The van der Waals surface area contributed by atoms with Gasteiger partial charge in [0.05, 0.1) is 17.1 Å². The number of anilines is 2. The molecule has 3 aromatic rings. The topological polar surface area (TPSA) is 47.2 Å². The van der Waals surface area contributed by atoms with Crippen LogP contribution in [0, 0.1) is 5.21 Å². The highest BCUT2D eigenvalue weighted by Gasteiger charge is 2.28. The zero-order chi connectivity index (χ0) is 18.1. The summed E-state index contributed by atoms with van der Waals surface area (Å²) in [6.45, 7) is 0. The van der Waals surface area contributed by atoms with Gasteiger partial charge in [-0.15, -0.1) is 0 Å². The molecular formula is C19H13ClN2O2S2. The maximum atomic E-state index is 13.1. The highest BCUT2D eigenvalue weighted by atomic mass is 35.5. The second-order valence-corrected chi connectivity index (χ2v) is 8.08. The summed E-state index contributed by atoms with van der Waals surface area (Å²) in [5.41, 5.74) is 1.61. The number of benzene rings is 2. The molecule has 0 atom stereocenters. The molecule has 0 N–H and O–H groups in total. The fourth-order valence-electron chi connectivity index (χ4n) is 2.72. The molecule has 1 aliphatic heterocycles. The van der Waals surface area contributed by atoms with E-state index in [1.165, 1.54) is 18.0 Å². The maximum Gasteiger partial charge on any atom is 0.251 e. The molecule has 1 amide bonds. The van der Waals surface area contributed by atoms with Gasteiger partial charge in [0.15, 0.2) is 6.20 Å². The SMILES string of the molecule is O=C(CSc1cccc[n+]1[O-])N1c2ccccc2Sc2ccc(Cl)cc21. The monoisotopic (exact) mass is 400 g/mol. The van der Waals surface area contributed by atoms with Gasteiger partial charge < -0.3 is 5.21 Å². The van der Waals surface area contributed by atoms with Crippen LogP contribution in [0.15, 0.2) is 81.7 Å². The van der Waals surface area contributed by atoms with Crippen molar-refractivity contribution in [3.8, 4) is 0 Å². The Morgan fingerprint density at radius 2 is 1.85 bits per heavy atom. The Morgan fingerprint density at radius 1 is 1.08 bits per heavy atom. The van der Waals surface area contributed by atoms with E-state index < -0.39 is 0 Å². The van der Waals surface area contributed by atoms with Crippen LogP contribution in [0.3, 0.4) is 0 Å². The van der Waals surface area contributed by atoms with Gasteiger partial charge in [-0.25, -0.2) is 0 Å². The van der Waals surface area contributed by atoms with E-state index in [9.17, 15) is 10.0 Å². The highest BCUT2D eigenvalue weighted by molar-refractivity contribution is 8.00. The molecule has 0 radical (unpaired) electrons. The Morgan fingerprint density at radius 3 is 2.69 bits per heavy atom. The maximum absolute atomic E-state index is 13.1. The predicted molar refractivity (Wildman–Crippen MR) is 105 cm³/mol. The number of para-hydroxylation sites is 1. The molecule has 0 aliphatic carbocycles. The number of aromatic nitrogens is 1. The summed E-state index contributed by atoms with van der Waals surface area (Å²) in [5.74, 6) is 0.0483. The number of carbonyl (C=O) groups excluding carboxylic acids is 1. The third-order valence-electron chi connectivity index (χ3n) is 3.87. The van der Waals surface area contributed by atoms with Crippen LogP contribution < -0.4 is 9.63 Å². The summed E-state index contributed by atoms with van der Waals surface area (Å²) >= 11 is 9.01. The van der Waals surface area contributed by atoms with E-state index in [1.807, 2.05) is 36.4 Å². The van der Waals surface area contributed by atoms with Crippen LogP contribution >= 0.6 is 35.1 Å². The number of carbonyl (C=O) groups is 1. The van der Waals surface area contributed by atoms with Gasteiger partial charge in [-0.2, -0.15) is 4.73 Å². The van der Waals surface area contributed by atoms with E-state index in [-0.39, 0.29) is 11.7 Å². The summed E-state index contributed by atoms with van der Waals surface area (Å²) in [4.78, 5) is 16.7. The summed E-state index contributed by atoms with van der Waals surface area (Å²) in [5, 5.41) is 12.9. The average Bonchev–Trinajstić information content (AvgIpc) is 2.65. The first-order valence-corrected chi connectivity index (χ1v) is 10.0. The predicted octanol–water partition coefficient (Wildman–Crippen LogP) is 4.90. The highest BCUT2D eigenvalue weighted by Crippen LogP contribution is 2.48. The fraction of sp³-hybridized carbons (Fsp3) is 0.0526. The molecule has 0 bridgehead atoms. The van der Waals surface area contributed by atoms with Gasteiger partial charge in [-0.3, -0.25) is 9.69 Å². The lowest BCUT2D eigenvalue weighted by Crippen LogP contribution is -2.32. The molecule has 26 heavy (non-hydrogen) atoms. The Labute approximate surface area is 164 Å². The number of hydrogen-bond acceptors (Lipinski definition) is 4. The van der Waals surface area contributed by atoms with Crippen LogP contribution in [-0.2, 0) is 4.79 Å². The van der Waals surface area contributed by atoms with Gasteiger partial charge in [0.2, 0.25) is 5.91 Å². The quantitative estimate of drug-likeness (QED) is 0.356. The van der Waals surface area contributed by atoms with Gasteiger partial charge >= 0.3 is 0 Å². The molecule has 130 valence electrons. The summed E-state index contributed by atoms with van der Waals surface area (Å²) < 4.78 is 0.767. The van der Waals surface area contributed by atoms with Crippen LogP contribution in [-0.4, -0.2) is 11.7 Å². The van der Waals surface area contributed by atoms with Crippen LogP contribution in [0.1, 0.15) is 0 Å². The van der Waals surface area contributed by atoms with Crippen molar-refractivity contribution < 1.29 is 9.52 Å². The van der Waals surface area contributed by atoms with E-state index in [0.29, 0.717) is 10.0 Å². The normalized spacial score (nSPS) is 12.4. The van der Waals surface area contributed by atoms with E-state index in [4.69, 9.17) is 11.6 Å². The van der Waals surface area contributed by atoms with Crippen molar-refractivity contribution in [1.29, 1.82) is 0 Å². The Balaban J connectivity index is 1.68. The molecule has 0 saturated heterocycles. The smallest absolute Gasteiger partial charge is 0.251 e. The molecule has 0 unspecified atom stereocenters. The summed E-state index contributed by atoms with van der Waals surface area (Å²) in [7, 11) is 0. The number of nitrogens with zero attached hydrogens (tertiary/aromatic N) is 2. The lowest BCUT2D eigenvalue weighted by Gasteiger charge is -2.31. The van der Waals surface area contributed by atoms with E-state index in [1.54, 1.807) is 40.9 Å². The number of hydrogen-bond donors (Lipinski definition) is 0. The molecule has 2 heterocycles. The van der Waals surface area contributed by atoms with E-state index in [2.05, 4.69) is 0 Å².